The SMILES string of the molecule is CC(NC(=O)C(Cc1ccc(O)cc1)NC(=O)C(CCCN=C(N)N)NC(=O)C(N)Cc1cnc[nH]1)C(=O)O. The number of phenols is 1. The quantitative estimate of drug-likeness (QED) is 0.0664. The van der Waals surface area contributed by atoms with Crippen LogP contribution in [-0.4, -0.2) is 80.5 Å². The molecule has 39 heavy (non-hydrogen) atoms. The van der Waals surface area contributed by atoms with Gasteiger partial charge in [-0.1, -0.05) is 12.1 Å². The molecule has 0 bridgehead atoms. The molecule has 12 N–H and O–H groups in total. The molecule has 0 radical (unpaired) electrons. The van der Waals surface area contributed by atoms with Gasteiger partial charge >= 0.3 is 5.97 Å². The lowest BCUT2D eigenvalue weighted by Crippen LogP contribution is -2.57. The molecule has 0 saturated carbocycles. The number of hydrogen-bond donors (Lipinski definition) is 9. The lowest BCUT2D eigenvalue weighted by molar-refractivity contribution is -0.141. The molecule has 2 aromatic rings. The van der Waals surface area contributed by atoms with Crippen molar-refractivity contribution in [2.45, 2.75) is 56.8 Å². The van der Waals surface area contributed by atoms with Crippen molar-refractivity contribution in [2.75, 3.05) is 6.54 Å². The molecule has 0 aliphatic rings. The number of nitrogens with one attached hydrogen (secondary N) is 4. The van der Waals surface area contributed by atoms with Crippen molar-refractivity contribution in [1.82, 2.24) is 25.9 Å². The average Bonchev–Trinajstić information content (AvgIpc) is 3.39. The molecule has 0 aliphatic carbocycles. The van der Waals surface area contributed by atoms with Crippen molar-refractivity contribution in [3.05, 3.63) is 48.0 Å². The first-order chi connectivity index (χ1) is 18.5. The average molecular weight is 546 g/mol. The largest absolute Gasteiger partial charge is 0.508 e. The third kappa shape index (κ3) is 10.7. The summed E-state index contributed by atoms with van der Waals surface area (Å²) < 4.78 is 0. The van der Waals surface area contributed by atoms with Crippen LogP contribution in [0.25, 0.3) is 0 Å². The number of hydrogen-bond acceptors (Lipinski definition) is 8. The topological polar surface area (TPSA) is 264 Å². The Balaban J connectivity index is 2.20. The van der Waals surface area contributed by atoms with Crippen LogP contribution in [0.1, 0.15) is 31.0 Å². The lowest BCUT2D eigenvalue weighted by atomic mass is 10.0. The first-order valence-electron chi connectivity index (χ1n) is 12.2. The summed E-state index contributed by atoms with van der Waals surface area (Å²) in [5, 5.41) is 26.3. The Hall–Kier alpha value is -4.66. The number of nitrogens with two attached hydrogens (primary N) is 3. The van der Waals surface area contributed by atoms with Gasteiger partial charge < -0.3 is 48.3 Å². The molecular formula is C24H35N9O6. The number of benzene rings is 1. The summed E-state index contributed by atoms with van der Waals surface area (Å²) >= 11 is 0. The van der Waals surface area contributed by atoms with E-state index in [0.717, 1.165) is 0 Å². The van der Waals surface area contributed by atoms with E-state index >= 15 is 0 Å². The number of H-pyrrole nitrogens is 1. The van der Waals surface area contributed by atoms with Crippen molar-refractivity contribution in [3.63, 3.8) is 0 Å². The van der Waals surface area contributed by atoms with Crippen LogP contribution in [0.2, 0.25) is 0 Å². The summed E-state index contributed by atoms with van der Waals surface area (Å²) in [5.41, 5.74) is 17.9. The molecule has 0 aliphatic heterocycles. The number of amides is 3. The number of carboxylic acids is 1. The Morgan fingerprint density at radius 2 is 1.64 bits per heavy atom. The van der Waals surface area contributed by atoms with E-state index in [1.807, 2.05) is 0 Å². The van der Waals surface area contributed by atoms with Crippen molar-refractivity contribution in [3.8, 4) is 5.75 Å². The maximum Gasteiger partial charge on any atom is 0.325 e. The van der Waals surface area contributed by atoms with Crippen molar-refractivity contribution < 1.29 is 29.4 Å². The molecule has 3 amide bonds. The van der Waals surface area contributed by atoms with Crippen LogP contribution in [-0.2, 0) is 32.0 Å². The van der Waals surface area contributed by atoms with E-state index in [0.29, 0.717) is 17.7 Å². The van der Waals surface area contributed by atoms with Gasteiger partial charge in [0, 0.05) is 31.3 Å². The predicted octanol–water partition coefficient (Wildman–Crippen LogP) is -2.16. The second-order valence-electron chi connectivity index (χ2n) is 8.90. The first-order valence-corrected chi connectivity index (χ1v) is 12.2. The molecule has 15 nitrogen and oxygen atoms in total. The molecule has 15 heteroatoms. The summed E-state index contributed by atoms with van der Waals surface area (Å²) in [6, 6.07) is 1.44. The second-order valence-corrected chi connectivity index (χ2v) is 8.90. The molecule has 1 heterocycles. The fraction of sp³-hybridized carbons (Fsp3) is 0.417. The zero-order valence-electron chi connectivity index (χ0n) is 21.5. The number of aromatic hydroxyl groups is 1. The minimum atomic E-state index is -1.26. The number of phenolic OH excluding ortho intramolecular Hbond substituents is 1. The molecule has 4 unspecified atom stereocenters. The van der Waals surface area contributed by atoms with Gasteiger partial charge in [0.2, 0.25) is 17.7 Å². The van der Waals surface area contributed by atoms with E-state index in [9.17, 15) is 29.4 Å². The standard InChI is InChI=1S/C24H35N9O6/c1-13(23(38)39)31-22(37)19(9-14-4-6-16(34)7-5-14)33-21(36)18(3-2-8-29-24(26)27)32-20(35)17(25)10-15-11-28-12-30-15/h4-7,11-13,17-19,34H,2-3,8-10,25H2,1H3,(H,28,30)(H,31,37)(H,32,35)(H,33,36)(H,38,39)(H4,26,27,29). The van der Waals surface area contributed by atoms with E-state index < -0.39 is 47.9 Å². The zero-order valence-corrected chi connectivity index (χ0v) is 21.5. The number of guanidine groups is 1. The van der Waals surface area contributed by atoms with Crippen LogP contribution in [0, 0.1) is 0 Å². The summed E-state index contributed by atoms with van der Waals surface area (Å²) in [4.78, 5) is 60.9. The highest BCUT2D eigenvalue weighted by molar-refractivity contribution is 5.94. The number of aliphatic imine (C=N–C) groups is 1. The number of carbonyl (C=O) groups excluding carboxylic acids is 3. The number of aromatic amines is 1. The van der Waals surface area contributed by atoms with Crippen LogP contribution in [0.5, 0.6) is 5.75 Å². The summed E-state index contributed by atoms with van der Waals surface area (Å²) in [6.45, 7) is 1.48. The van der Waals surface area contributed by atoms with Crippen LogP contribution >= 0.6 is 0 Å². The third-order valence-corrected chi connectivity index (χ3v) is 5.65. The number of aliphatic carboxylic acids is 1. The monoisotopic (exact) mass is 545 g/mol. The van der Waals surface area contributed by atoms with E-state index in [4.69, 9.17) is 17.2 Å². The van der Waals surface area contributed by atoms with Crippen molar-refractivity contribution >= 4 is 29.7 Å². The van der Waals surface area contributed by atoms with E-state index in [-0.39, 0.29) is 37.5 Å². The van der Waals surface area contributed by atoms with Crippen molar-refractivity contribution in [2.24, 2.45) is 22.2 Å². The summed E-state index contributed by atoms with van der Waals surface area (Å²) in [7, 11) is 0. The summed E-state index contributed by atoms with van der Waals surface area (Å²) in [6.07, 6.45) is 3.54. The molecule has 0 fully saturated rings. The normalized spacial score (nSPS) is 13.8. The van der Waals surface area contributed by atoms with E-state index in [1.165, 1.54) is 31.6 Å². The molecule has 4 atom stereocenters. The molecule has 1 aromatic heterocycles. The van der Waals surface area contributed by atoms with Gasteiger partial charge in [0.15, 0.2) is 5.96 Å². The number of imidazole rings is 1. The van der Waals surface area contributed by atoms with Crippen LogP contribution in [0.15, 0.2) is 41.8 Å². The minimum absolute atomic E-state index is 0.0123. The Labute approximate surface area is 224 Å². The van der Waals surface area contributed by atoms with Gasteiger partial charge in [-0.15, -0.1) is 0 Å². The fourth-order valence-corrected chi connectivity index (χ4v) is 3.50. The fourth-order valence-electron chi connectivity index (χ4n) is 3.50. The number of rotatable bonds is 15. The first kappa shape index (κ1) is 30.6. The zero-order chi connectivity index (χ0) is 28.9. The van der Waals surface area contributed by atoms with Gasteiger partial charge in [0.1, 0.15) is 23.9 Å². The maximum atomic E-state index is 13.3. The van der Waals surface area contributed by atoms with Crippen LogP contribution in [0.4, 0.5) is 0 Å². The van der Waals surface area contributed by atoms with Crippen LogP contribution < -0.4 is 33.2 Å². The molecular weight excluding hydrogens is 510 g/mol. The van der Waals surface area contributed by atoms with E-state index in [2.05, 4.69) is 30.9 Å². The second kappa shape index (κ2) is 14.9. The Kier molecular flexibility index (Phi) is 11.7. The van der Waals surface area contributed by atoms with Crippen LogP contribution in [0.3, 0.4) is 0 Å². The minimum Gasteiger partial charge on any atom is -0.508 e. The highest BCUT2D eigenvalue weighted by atomic mass is 16.4. The molecule has 0 saturated heterocycles. The highest BCUT2D eigenvalue weighted by Gasteiger charge is 2.29. The summed E-state index contributed by atoms with van der Waals surface area (Å²) in [5.74, 6) is -3.41. The molecule has 212 valence electrons. The van der Waals surface area contributed by atoms with Gasteiger partial charge in [0.25, 0.3) is 0 Å². The Morgan fingerprint density at radius 3 is 2.23 bits per heavy atom. The Morgan fingerprint density at radius 1 is 1.00 bits per heavy atom. The van der Waals surface area contributed by atoms with Gasteiger partial charge in [-0.05, 0) is 37.5 Å². The maximum absolute atomic E-state index is 13.3. The van der Waals surface area contributed by atoms with E-state index in [1.54, 1.807) is 12.1 Å². The number of nitrogens with zero attached hydrogens (tertiary/aromatic N) is 2. The highest BCUT2D eigenvalue weighted by Crippen LogP contribution is 2.12. The number of aromatic nitrogens is 2. The van der Waals surface area contributed by atoms with Crippen molar-refractivity contribution in [1.29, 1.82) is 0 Å². The Bertz CT molecular complexity index is 1130. The molecule has 2 rings (SSSR count). The third-order valence-electron chi connectivity index (χ3n) is 5.65. The van der Waals surface area contributed by atoms with Gasteiger partial charge in [-0.3, -0.25) is 24.2 Å². The number of carbonyl (C=O) groups is 4. The van der Waals surface area contributed by atoms with Gasteiger partial charge in [-0.25, -0.2) is 4.98 Å². The predicted molar refractivity (Wildman–Crippen MR) is 141 cm³/mol. The van der Waals surface area contributed by atoms with Gasteiger partial charge in [-0.2, -0.15) is 0 Å². The lowest BCUT2D eigenvalue weighted by Gasteiger charge is -2.25. The van der Waals surface area contributed by atoms with Gasteiger partial charge in [0.05, 0.1) is 12.4 Å². The molecule has 1 aromatic carbocycles. The number of carboxylic acid groups (broad SMARTS) is 1. The smallest absolute Gasteiger partial charge is 0.325 e. The molecule has 0 spiro atoms.